The fourth-order valence-electron chi connectivity index (χ4n) is 5.94. The van der Waals surface area contributed by atoms with Crippen molar-refractivity contribution in [1.82, 2.24) is 19.9 Å². The van der Waals surface area contributed by atoms with E-state index in [0.29, 0.717) is 17.5 Å². The number of hydrogen-bond acceptors (Lipinski definition) is 4. The Morgan fingerprint density at radius 2 is 0.625 bits per heavy atom. The number of pyridine rings is 1. The highest BCUT2D eigenvalue weighted by atomic mass is 15.0. The van der Waals surface area contributed by atoms with E-state index in [9.17, 15) is 0 Å². The summed E-state index contributed by atoms with van der Waals surface area (Å²) in [5, 5.41) is 0. The Bertz CT molecular complexity index is 2280. The van der Waals surface area contributed by atoms with Gasteiger partial charge in [0.15, 0.2) is 17.5 Å². The van der Waals surface area contributed by atoms with Gasteiger partial charge in [-0.2, -0.15) is 0 Å². The summed E-state index contributed by atoms with van der Waals surface area (Å²) in [6.07, 6.45) is 3.69. The molecule has 0 atom stereocenters. The highest BCUT2D eigenvalue weighted by molar-refractivity contribution is 5.82. The Hall–Kier alpha value is -6.52. The van der Waals surface area contributed by atoms with E-state index in [-0.39, 0.29) is 0 Å². The van der Waals surface area contributed by atoms with Crippen molar-refractivity contribution < 1.29 is 0 Å². The number of rotatable bonds is 7. The predicted octanol–water partition coefficient (Wildman–Crippen LogP) is 10.9. The van der Waals surface area contributed by atoms with Crippen LogP contribution in [0, 0.1) is 0 Å². The van der Waals surface area contributed by atoms with Gasteiger partial charge in [-0.05, 0) is 50.6 Å². The van der Waals surface area contributed by atoms with E-state index >= 15 is 0 Å². The zero-order valence-corrected chi connectivity index (χ0v) is 26.1. The Morgan fingerprint density at radius 3 is 1.12 bits per heavy atom. The van der Waals surface area contributed by atoms with E-state index < -0.39 is 0 Å². The molecule has 0 radical (unpaired) electrons. The maximum absolute atomic E-state index is 5.03. The molecule has 4 nitrogen and oxygen atoms in total. The van der Waals surface area contributed by atoms with E-state index in [2.05, 4.69) is 126 Å². The molecular weight excluding hydrogens is 585 g/mol. The second kappa shape index (κ2) is 13.1. The molecule has 0 aliphatic carbocycles. The average molecular weight is 615 g/mol. The van der Waals surface area contributed by atoms with Crippen LogP contribution in [0.15, 0.2) is 182 Å². The normalized spacial score (nSPS) is 10.9. The van der Waals surface area contributed by atoms with Crippen molar-refractivity contribution in [3.05, 3.63) is 182 Å². The van der Waals surface area contributed by atoms with Crippen molar-refractivity contribution in [2.75, 3.05) is 0 Å². The molecule has 8 aromatic rings. The van der Waals surface area contributed by atoms with Gasteiger partial charge in [0.25, 0.3) is 0 Å². The highest BCUT2D eigenvalue weighted by Gasteiger charge is 2.15. The van der Waals surface area contributed by atoms with Gasteiger partial charge in [0.2, 0.25) is 0 Å². The molecule has 2 heterocycles. The van der Waals surface area contributed by atoms with E-state index in [1.54, 1.807) is 6.20 Å². The fraction of sp³-hybridized carbons (Fsp3) is 0. The van der Waals surface area contributed by atoms with E-state index in [4.69, 9.17) is 15.0 Å². The largest absolute Gasteiger partial charge is 0.264 e. The number of aromatic nitrogens is 4. The summed E-state index contributed by atoms with van der Waals surface area (Å²) in [6, 6.07) is 58.6. The second-order valence-corrected chi connectivity index (χ2v) is 11.6. The Kier molecular flexibility index (Phi) is 7.87. The van der Waals surface area contributed by atoms with Gasteiger partial charge in [-0.1, -0.05) is 164 Å². The summed E-state index contributed by atoms with van der Waals surface area (Å²) in [5.74, 6) is 1.93. The third-order valence-electron chi connectivity index (χ3n) is 8.49. The van der Waals surface area contributed by atoms with Crippen molar-refractivity contribution in [3.63, 3.8) is 0 Å². The maximum Gasteiger partial charge on any atom is 0.164 e. The van der Waals surface area contributed by atoms with Crippen LogP contribution in [0.3, 0.4) is 0 Å². The van der Waals surface area contributed by atoms with Crippen molar-refractivity contribution in [2.24, 2.45) is 0 Å². The second-order valence-electron chi connectivity index (χ2n) is 11.6. The predicted molar refractivity (Wildman–Crippen MR) is 196 cm³/mol. The fourth-order valence-corrected chi connectivity index (χ4v) is 5.94. The first-order valence-corrected chi connectivity index (χ1v) is 16.0. The van der Waals surface area contributed by atoms with Crippen LogP contribution >= 0.6 is 0 Å². The monoisotopic (exact) mass is 614 g/mol. The van der Waals surface area contributed by atoms with Gasteiger partial charge >= 0.3 is 0 Å². The van der Waals surface area contributed by atoms with Gasteiger partial charge in [-0.25, -0.2) is 15.0 Å². The van der Waals surface area contributed by atoms with Crippen LogP contribution in [0.5, 0.6) is 0 Å². The highest BCUT2D eigenvalue weighted by Crippen LogP contribution is 2.33. The van der Waals surface area contributed by atoms with Crippen molar-refractivity contribution in [2.45, 2.75) is 0 Å². The molecule has 0 fully saturated rings. The molecule has 0 N–H and O–H groups in total. The summed E-state index contributed by atoms with van der Waals surface area (Å²) in [7, 11) is 0. The summed E-state index contributed by atoms with van der Waals surface area (Å²) < 4.78 is 0. The molecule has 0 aliphatic heterocycles. The summed E-state index contributed by atoms with van der Waals surface area (Å²) >= 11 is 0. The van der Waals surface area contributed by atoms with Crippen LogP contribution < -0.4 is 0 Å². The zero-order valence-electron chi connectivity index (χ0n) is 26.1. The summed E-state index contributed by atoms with van der Waals surface area (Å²) in [5.41, 5.74) is 12.0. The molecule has 8 rings (SSSR count). The van der Waals surface area contributed by atoms with Crippen LogP contribution in [-0.2, 0) is 0 Å². The summed E-state index contributed by atoms with van der Waals surface area (Å²) in [4.78, 5) is 19.2. The lowest BCUT2D eigenvalue weighted by molar-refractivity contribution is 1.07. The third kappa shape index (κ3) is 6.03. The molecule has 4 heteroatoms. The quantitative estimate of drug-likeness (QED) is 0.179. The maximum atomic E-state index is 5.03. The first-order valence-electron chi connectivity index (χ1n) is 16.0. The van der Waals surface area contributed by atoms with E-state index in [1.165, 1.54) is 11.1 Å². The molecule has 0 bridgehead atoms. The number of hydrogen-bond donors (Lipinski definition) is 0. The first-order chi connectivity index (χ1) is 23.8. The molecule has 2 aromatic heterocycles. The van der Waals surface area contributed by atoms with Gasteiger partial charge in [-0.15, -0.1) is 0 Å². The lowest BCUT2D eigenvalue weighted by Gasteiger charge is -2.12. The van der Waals surface area contributed by atoms with Crippen LogP contribution in [0.1, 0.15) is 0 Å². The molecule has 48 heavy (non-hydrogen) atoms. The smallest absolute Gasteiger partial charge is 0.164 e. The minimum atomic E-state index is 0.637. The first kappa shape index (κ1) is 28.9. The molecule has 0 unspecified atom stereocenters. The van der Waals surface area contributed by atoms with Crippen molar-refractivity contribution in [3.8, 4) is 78.7 Å². The lowest BCUT2D eigenvalue weighted by atomic mass is 9.98. The van der Waals surface area contributed by atoms with Crippen LogP contribution in [0.25, 0.3) is 78.7 Å². The molecule has 226 valence electrons. The molecular formula is C44H30N4. The minimum Gasteiger partial charge on any atom is -0.264 e. The van der Waals surface area contributed by atoms with Gasteiger partial charge in [0, 0.05) is 29.1 Å². The molecule has 0 aliphatic rings. The molecule has 0 saturated carbocycles. The minimum absolute atomic E-state index is 0.637. The van der Waals surface area contributed by atoms with Crippen molar-refractivity contribution >= 4 is 0 Å². The number of nitrogens with zero attached hydrogens (tertiary/aromatic N) is 4. The molecule has 6 aromatic carbocycles. The summed E-state index contributed by atoms with van der Waals surface area (Å²) in [6.45, 7) is 0. The van der Waals surface area contributed by atoms with Gasteiger partial charge < -0.3 is 0 Å². The van der Waals surface area contributed by atoms with E-state index in [1.807, 2.05) is 54.7 Å². The Balaban J connectivity index is 1.10. The topological polar surface area (TPSA) is 51.6 Å². The van der Waals surface area contributed by atoms with Gasteiger partial charge in [0.05, 0.1) is 0 Å². The molecule has 0 amide bonds. The van der Waals surface area contributed by atoms with E-state index in [0.717, 1.165) is 50.1 Å². The van der Waals surface area contributed by atoms with Gasteiger partial charge in [0.1, 0.15) is 0 Å². The van der Waals surface area contributed by atoms with Crippen LogP contribution in [0.4, 0.5) is 0 Å². The van der Waals surface area contributed by atoms with Crippen LogP contribution in [-0.4, -0.2) is 19.9 Å². The van der Waals surface area contributed by atoms with Crippen molar-refractivity contribution in [1.29, 1.82) is 0 Å². The molecule has 0 saturated heterocycles. The zero-order chi connectivity index (χ0) is 32.1. The third-order valence-corrected chi connectivity index (χ3v) is 8.49. The SMILES string of the molecule is c1ccc(-c2nc(-c3ccc(-c4ccc(-c5ccc(-c6cccnc6)cc5)cc4)cc3)nc(-c3ccccc3-c3ccccc3)n2)cc1. The molecule has 0 spiro atoms. The van der Waals surface area contributed by atoms with Gasteiger partial charge in [-0.3, -0.25) is 4.98 Å². The Morgan fingerprint density at radius 1 is 0.250 bits per heavy atom. The number of benzene rings is 6. The lowest BCUT2D eigenvalue weighted by Crippen LogP contribution is -2.01. The van der Waals surface area contributed by atoms with Crippen LogP contribution in [0.2, 0.25) is 0 Å². The standard InChI is InChI=1S/C44H30N4/c1-3-10-36(11-4-1)40-15-7-8-16-41(40)44-47-42(37-12-5-2-6-13-37)46-43(48-44)38-27-25-34(26-28-38)32-19-17-31(18-20-32)33-21-23-35(24-22-33)39-14-9-29-45-30-39/h1-30H. The Labute approximate surface area is 280 Å². The average Bonchev–Trinajstić information content (AvgIpc) is 3.19.